The summed E-state index contributed by atoms with van der Waals surface area (Å²) in [4.78, 5) is 23.2. The van der Waals surface area contributed by atoms with Gasteiger partial charge in [-0.1, -0.05) is 18.2 Å². The first-order chi connectivity index (χ1) is 9.20. The number of rotatable bonds is 5. The molecule has 0 aliphatic rings. The van der Waals surface area contributed by atoms with Crippen LogP contribution < -0.4 is 16.4 Å². The van der Waals surface area contributed by atoms with Crippen LogP contribution in [0.15, 0.2) is 24.3 Å². The zero-order valence-electron chi connectivity index (χ0n) is 12.5. The lowest BCUT2D eigenvalue weighted by atomic mass is 10.1. The van der Waals surface area contributed by atoms with Crippen molar-refractivity contribution in [2.75, 3.05) is 0 Å². The molecule has 0 heterocycles. The number of primary amides is 1. The normalized spacial score (nSPS) is 12.8. The van der Waals surface area contributed by atoms with Gasteiger partial charge in [-0.25, -0.2) is 0 Å². The highest BCUT2D eigenvalue weighted by molar-refractivity contribution is 5.94. The van der Waals surface area contributed by atoms with Crippen molar-refractivity contribution in [3.63, 3.8) is 0 Å². The van der Waals surface area contributed by atoms with Gasteiger partial charge in [0.15, 0.2) is 0 Å². The highest BCUT2D eigenvalue weighted by Gasteiger charge is 2.19. The summed E-state index contributed by atoms with van der Waals surface area (Å²) in [5.41, 5.74) is 6.32. The van der Waals surface area contributed by atoms with Crippen molar-refractivity contribution in [3.8, 4) is 0 Å². The van der Waals surface area contributed by atoms with Crippen LogP contribution in [0.2, 0.25) is 0 Å². The van der Waals surface area contributed by atoms with Gasteiger partial charge in [-0.05, 0) is 39.3 Å². The zero-order chi connectivity index (χ0) is 15.3. The first kappa shape index (κ1) is 16.2. The van der Waals surface area contributed by atoms with Gasteiger partial charge in [-0.3, -0.25) is 9.59 Å². The smallest absolute Gasteiger partial charge is 0.249 e. The van der Waals surface area contributed by atoms with Crippen LogP contribution in [0.25, 0.3) is 0 Å². The number of amides is 2. The highest BCUT2D eigenvalue weighted by atomic mass is 16.2. The Morgan fingerprint density at radius 1 is 1.25 bits per heavy atom. The van der Waals surface area contributed by atoms with Crippen molar-refractivity contribution in [3.05, 3.63) is 35.4 Å². The van der Waals surface area contributed by atoms with Crippen molar-refractivity contribution in [1.29, 1.82) is 0 Å². The molecule has 1 aromatic rings. The van der Waals surface area contributed by atoms with Crippen LogP contribution in [0.5, 0.6) is 0 Å². The van der Waals surface area contributed by atoms with E-state index in [1.165, 1.54) is 0 Å². The minimum Gasteiger partial charge on any atom is -0.366 e. The van der Waals surface area contributed by atoms with E-state index < -0.39 is 5.91 Å². The van der Waals surface area contributed by atoms with Crippen LogP contribution in [0.4, 0.5) is 0 Å². The minimum atomic E-state index is -0.464. The van der Waals surface area contributed by atoms with E-state index in [9.17, 15) is 9.59 Å². The summed E-state index contributed by atoms with van der Waals surface area (Å²) in [5, 5.41) is 6.00. The summed E-state index contributed by atoms with van der Waals surface area (Å²) >= 11 is 0. The number of hydrogen-bond acceptors (Lipinski definition) is 3. The molecular weight excluding hydrogens is 254 g/mol. The molecule has 0 bridgehead atoms. The number of nitrogens with two attached hydrogens (primary N) is 1. The van der Waals surface area contributed by atoms with E-state index in [4.69, 9.17) is 5.73 Å². The molecule has 0 spiro atoms. The third kappa shape index (κ3) is 5.01. The first-order valence-corrected chi connectivity index (χ1v) is 6.64. The maximum atomic E-state index is 11.9. The zero-order valence-corrected chi connectivity index (χ0v) is 12.5. The van der Waals surface area contributed by atoms with Crippen LogP contribution in [-0.2, 0) is 11.3 Å². The standard InChI is InChI=1S/C15H23N3O2/c1-10(14(20)18-15(2,3)4)17-9-11-7-5-6-8-12(11)13(16)19/h5-8,10,17H,9H2,1-4H3,(H2,16,19)(H,18,20). The van der Waals surface area contributed by atoms with Crippen LogP contribution in [0.3, 0.4) is 0 Å². The number of benzene rings is 1. The molecule has 5 heteroatoms. The Balaban J connectivity index is 2.64. The molecule has 0 fully saturated rings. The third-order valence-electron chi connectivity index (χ3n) is 2.77. The van der Waals surface area contributed by atoms with Gasteiger partial charge in [0.25, 0.3) is 0 Å². The molecule has 2 amide bonds. The topological polar surface area (TPSA) is 84.2 Å². The molecule has 1 atom stereocenters. The Hall–Kier alpha value is -1.88. The summed E-state index contributed by atoms with van der Waals surface area (Å²) in [7, 11) is 0. The van der Waals surface area contributed by atoms with Gasteiger partial charge in [0, 0.05) is 17.6 Å². The Bertz CT molecular complexity index is 492. The molecule has 0 aliphatic carbocycles. The molecule has 110 valence electrons. The van der Waals surface area contributed by atoms with Gasteiger partial charge in [-0.2, -0.15) is 0 Å². The fourth-order valence-electron chi connectivity index (χ4n) is 1.75. The second kappa shape index (κ2) is 6.52. The van der Waals surface area contributed by atoms with Gasteiger partial charge < -0.3 is 16.4 Å². The number of carbonyl (C=O) groups excluding carboxylic acids is 2. The lowest BCUT2D eigenvalue weighted by Gasteiger charge is -2.24. The van der Waals surface area contributed by atoms with Crippen LogP contribution >= 0.6 is 0 Å². The minimum absolute atomic E-state index is 0.0749. The van der Waals surface area contributed by atoms with E-state index in [0.717, 1.165) is 5.56 Å². The first-order valence-electron chi connectivity index (χ1n) is 6.64. The Kier molecular flexibility index (Phi) is 5.27. The lowest BCUT2D eigenvalue weighted by Crippen LogP contribution is -2.49. The van der Waals surface area contributed by atoms with Crippen molar-refractivity contribution in [2.45, 2.75) is 45.8 Å². The van der Waals surface area contributed by atoms with Crippen molar-refractivity contribution in [2.24, 2.45) is 5.73 Å². The number of carbonyl (C=O) groups is 2. The summed E-state index contributed by atoms with van der Waals surface area (Å²) < 4.78 is 0. The fraction of sp³-hybridized carbons (Fsp3) is 0.467. The quantitative estimate of drug-likeness (QED) is 0.755. The van der Waals surface area contributed by atoms with E-state index in [2.05, 4.69) is 10.6 Å². The van der Waals surface area contributed by atoms with E-state index in [-0.39, 0.29) is 17.5 Å². The van der Waals surface area contributed by atoms with Crippen molar-refractivity contribution < 1.29 is 9.59 Å². The third-order valence-corrected chi connectivity index (χ3v) is 2.77. The molecule has 0 saturated carbocycles. The van der Waals surface area contributed by atoms with Crippen molar-refractivity contribution >= 4 is 11.8 Å². The SMILES string of the molecule is CC(NCc1ccccc1C(N)=O)C(=O)NC(C)(C)C. The fourth-order valence-corrected chi connectivity index (χ4v) is 1.75. The Labute approximate surface area is 119 Å². The molecular formula is C15H23N3O2. The van der Waals surface area contributed by atoms with E-state index in [1.54, 1.807) is 19.1 Å². The van der Waals surface area contributed by atoms with E-state index in [0.29, 0.717) is 12.1 Å². The van der Waals surface area contributed by atoms with Crippen LogP contribution in [-0.4, -0.2) is 23.4 Å². The lowest BCUT2D eigenvalue weighted by molar-refractivity contribution is -0.124. The van der Waals surface area contributed by atoms with E-state index in [1.807, 2.05) is 32.9 Å². The number of hydrogen-bond donors (Lipinski definition) is 3. The maximum Gasteiger partial charge on any atom is 0.249 e. The second-order valence-electron chi connectivity index (χ2n) is 5.86. The Morgan fingerprint density at radius 3 is 2.40 bits per heavy atom. The predicted molar refractivity (Wildman–Crippen MR) is 79.2 cm³/mol. The van der Waals surface area contributed by atoms with Crippen LogP contribution in [0.1, 0.15) is 43.6 Å². The Morgan fingerprint density at radius 2 is 1.85 bits per heavy atom. The molecule has 5 nitrogen and oxygen atoms in total. The van der Waals surface area contributed by atoms with Gasteiger partial charge in [0.05, 0.1) is 6.04 Å². The second-order valence-corrected chi connectivity index (χ2v) is 5.86. The molecule has 0 saturated heterocycles. The van der Waals surface area contributed by atoms with Crippen molar-refractivity contribution in [1.82, 2.24) is 10.6 Å². The van der Waals surface area contributed by atoms with Gasteiger partial charge in [0.1, 0.15) is 0 Å². The molecule has 1 rings (SSSR count). The summed E-state index contributed by atoms with van der Waals surface area (Å²) in [5.74, 6) is -0.539. The maximum absolute atomic E-state index is 11.9. The van der Waals surface area contributed by atoms with Gasteiger partial charge in [-0.15, -0.1) is 0 Å². The molecule has 1 unspecified atom stereocenters. The molecule has 0 radical (unpaired) electrons. The largest absolute Gasteiger partial charge is 0.366 e. The van der Waals surface area contributed by atoms with Gasteiger partial charge in [0.2, 0.25) is 11.8 Å². The monoisotopic (exact) mass is 277 g/mol. The molecule has 0 aliphatic heterocycles. The van der Waals surface area contributed by atoms with Crippen LogP contribution in [0, 0.1) is 0 Å². The predicted octanol–water partition coefficient (Wildman–Crippen LogP) is 1.18. The molecule has 1 aromatic carbocycles. The highest BCUT2D eigenvalue weighted by Crippen LogP contribution is 2.08. The molecule has 4 N–H and O–H groups in total. The molecule has 20 heavy (non-hydrogen) atoms. The van der Waals surface area contributed by atoms with Gasteiger partial charge >= 0.3 is 0 Å². The average Bonchev–Trinajstić information content (AvgIpc) is 2.34. The molecule has 0 aromatic heterocycles. The summed E-state index contributed by atoms with van der Waals surface area (Å²) in [6, 6.07) is 6.75. The van der Waals surface area contributed by atoms with E-state index >= 15 is 0 Å². The summed E-state index contributed by atoms with van der Waals surface area (Å²) in [6.07, 6.45) is 0. The summed E-state index contributed by atoms with van der Waals surface area (Å²) in [6.45, 7) is 7.99. The average molecular weight is 277 g/mol. The number of nitrogens with one attached hydrogen (secondary N) is 2.